The molecule has 0 aliphatic carbocycles. The van der Waals surface area contributed by atoms with E-state index in [0.717, 1.165) is 59.2 Å². The Balaban J connectivity index is 0.856. The summed E-state index contributed by atoms with van der Waals surface area (Å²) in [5, 5.41) is 4.29. The van der Waals surface area contributed by atoms with E-state index < -0.39 is 49.9 Å². The normalized spacial score (nSPS) is 15.5. The molecule has 2 aliphatic heterocycles. The molecule has 2 N–H and O–H groups in total. The number of carbonyl (C=O) groups is 1. The molecule has 2 fully saturated rings. The van der Waals surface area contributed by atoms with Crippen LogP contribution in [0.4, 0.5) is 27.1 Å². The number of sulfone groups is 1. The minimum atomic E-state index is -3.96. The average Bonchev–Trinajstić information content (AvgIpc) is 1.62. The number of piperazine rings is 1. The fraction of sp³-hybridized carbons (Fsp3) is 0.444. The Labute approximate surface area is 521 Å². The number of aryl methyl sites for hydroxylation is 1. The topological polar surface area (TPSA) is 169 Å². The first kappa shape index (κ1) is 67.0. The summed E-state index contributed by atoms with van der Waals surface area (Å²) in [7, 11) is -15.3. The summed E-state index contributed by atoms with van der Waals surface area (Å²) in [6.07, 6.45) is 4.05. The maximum atomic E-state index is 15.8. The van der Waals surface area contributed by atoms with Gasteiger partial charge in [-0.05, 0) is 207 Å². The lowest BCUT2D eigenvalue weighted by Gasteiger charge is -2.37. The molecule has 0 amide bonds. The summed E-state index contributed by atoms with van der Waals surface area (Å²) in [4.78, 5) is 21.3. The molecule has 3 heterocycles. The second kappa shape index (κ2) is 28.3. The van der Waals surface area contributed by atoms with Gasteiger partial charge >= 0.3 is 13.6 Å². The van der Waals surface area contributed by atoms with Gasteiger partial charge in [-0.3, -0.25) is 14.1 Å². The highest BCUT2D eigenvalue weighted by Gasteiger charge is 2.37. The lowest BCUT2D eigenvalue weighted by atomic mass is 9.96. The predicted molar refractivity (Wildman–Crippen MR) is 357 cm³/mol. The quantitative estimate of drug-likeness (QED) is 0.0173. The van der Waals surface area contributed by atoms with Crippen LogP contribution in [0.1, 0.15) is 56.8 Å². The number of sulfonamides is 1. The Kier molecular flexibility index (Phi) is 22.0. The number of likely N-dealkylation sites (tertiary alicyclic amines) is 1. The molecule has 15 nitrogen and oxygen atoms in total. The number of carbonyl (C=O) groups excluding carboxylic acids is 1. The van der Waals surface area contributed by atoms with Gasteiger partial charge in [-0.1, -0.05) is 41.9 Å². The third-order valence-electron chi connectivity index (χ3n) is 15.1. The number of ether oxygens (including phenoxy) is 1. The van der Waals surface area contributed by atoms with E-state index in [2.05, 4.69) is 36.9 Å². The van der Waals surface area contributed by atoms with Crippen molar-refractivity contribution in [3.63, 3.8) is 0 Å². The van der Waals surface area contributed by atoms with Gasteiger partial charge in [0.15, 0.2) is 26.5 Å². The van der Waals surface area contributed by atoms with Gasteiger partial charge < -0.3 is 37.7 Å². The van der Waals surface area contributed by atoms with E-state index in [1.54, 1.807) is 55.1 Å². The number of rotatable bonds is 26. The summed E-state index contributed by atoms with van der Waals surface area (Å²) in [5.74, 6) is -0.0974. The Bertz CT molecular complexity index is 3570. The van der Waals surface area contributed by atoms with E-state index in [-0.39, 0.29) is 46.5 Å². The van der Waals surface area contributed by atoms with Crippen LogP contribution in [0.2, 0.25) is 44.3 Å². The highest BCUT2D eigenvalue weighted by molar-refractivity contribution is 7.99. The van der Waals surface area contributed by atoms with Crippen molar-refractivity contribution < 1.29 is 43.7 Å². The number of thioether (sulfide) groups is 1. The second-order valence-electron chi connectivity index (χ2n) is 24.8. The Hall–Kier alpha value is -4.94. The Morgan fingerprint density at radius 3 is 1.98 bits per heavy atom. The number of aromatic nitrogens is 1. The standard InChI is InChI=1S/C63H85ClFN6O9PS3Si2/c1-45(2)71-47(4)62(83(5,74)75)60(61(71)48-18-20-51(64)21-19-48)50-41-52(65)43-56(42-50)70-36-34-69(35-37-70)55-24-22-53(23-25-55)67-84(76,77)58-26-27-59(46(3)40-58)66-54(44-82-57-16-13-12-14-17-57)30-33-68-31-28-49(29-32-68)63(72)78-38-15-39-81(73,79-85(6,7)8)80-86(9,10)11/h12-14,16-27,40-43,45,49,54,66-67H,15,28-39,44H2,1-11H3/t54-/m1/s1. The zero-order valence-electron chi connectivity index (χ0n) is 51.5. The minimum absolute atomic E-state index is 0.0497. The summed E-state index contributed by atoms with van der Waals surface area (Å²) in [6.45, 7) is 24.5. The summed E-state index contributed by atoms with van der Waals surface area (Å²) >= 11 is 8.05. The highest BCUT2D eigenvalue weighted by Crippen LogP contribution is 2.53. The van der Waals surface area contributed by atoms with Crippen molar-refractivity contribution in [2.24, 2.45) is 5.92 Å². The van der Waals surface area contributed by atoms with Crippen LogP contribution in [0, 0.1) is 25.6 Å². The molecule has 1 atom stereocenters. The zero-order chi connectivity index (χ0) is 62.4. The molecule has 0 saturated carbocycles. The Morgan fingerprint density at radius 1 is 0.779 bits per heavy atom. The molecule has 2 aliphatic rings. The number of piperidine rings is 1. The van der Waals surface area contributed by atoms with Gasteiger partial charge in [0, 0.05) is 101 Å². The zero-order valence-corrected chi connectivity index (χ0v) is 57.6. The van der Waals surface area contributed by atoms with Crippen LogP contribution in [-0.2, 0) is 42.4 Å². The maximum Gasteiger partial charge on any atom is 0.311 e. The van der Waals surface area contributed by atoms with E-state index in [0.29, 0.717) is 84.4 Å². The fourth-order valence-corrected chi connectivity index (χ4v) is 23.2. The van der Waals surface area contributed by atoms with Crippen LogP contribution in [0.25, 0.3) is 22.4 Å². The van der Waals surface area contributed by atoms with Crippen LogP contribution in [0.3, 0.4) is 0 Å². The molecule has 466 valence electrons. The minimum Gasteiger partial charge on any atom is -0.465 e. The van der Waals surface area contributed by atoms with Crippen molar-refractivity contribution in [2.45, 2.75) is 119 Å². The van der Waals surface area contributed by atoms with Crippen molar-refractivity contribution >= 4 is 96.2 Å². The molecule has 2 saturated heterocycles. The number of benzene rings is 5. The van der Waals surface area contributed by atoms with Gasteiger partial charge in [-0.15, -0.1) is 11.8 Å². The number of hydrogen-bond acceptors (Lipinski definition) is 14. The van der Waals surface area contributed by atoms with Crippen LogP contribution in [0.15, 0.2) is 130 Å². The molecule has 1 aromatic heterocycles. The molecule has 86 heavy (non-hydrogen) atoms. The summed E-state index contributed by atoms with van der Waals surface area (Å²) in [6, 6.07) is 34.7. The molecule has 0 unspecified atom stereocenters. The van der Waals surface area contributed by atoms with Crippen LogP contribution in [0.5, 0.6) is 0 Å². The van der Waals surface area contributed by atoms with E-state index in [4.69, 9.17) is 24.8 Å². The molecule has 23 heteroatoms. The molecule has 0 spiro atoms. The number of esters is 1. The SMILES string of the molecule is Cc1cc(S(=O)(=O)Nc2ccc(N3CCN(c4cc(F)cc(-c5c(S(C)(=O)=O)c(C)n(C(C)C)c5-c5ccc(Cl)cc5)c4)CC3)cc2)ccc1N[C@H](CCN1CCC(C(=O)OCCCP(=O)(O[Si](C)(C)C)O[Si](C)(C)C)CC1)CSc1ccccc1. The molecule has 6 aromatic rings. The molecule has 8 rings (SSSR count). The van der Waals surface area contributed by atoms with Gasteiger partial charge in [0.25, 0.3) is 10.0 Å². The molecular weight excluding hydrogens is 1220 g/mol. The van der Waals surface area contributed by atoms with Crippen LogP contribution in [-0.4, -0.2) is 126 Å². The smallest absolute Gasteiger partial charge is 0.311 e. The first-order chi connectivity index (χ1) is 40.4. The van der Waals surface area contributed by atoms with E-state index in [1.165, 1.54) is 18.4 Å². The maximum absolute atomic E-state index is 15.8. The number of nitrogens with zero attached hydrogens (tertiary/aromatic N) is 4. The lowest BCUT2D eigenvalue weighted by Crippen LogP contribution is -2.46. The van der Waals surface area contributed by atoms with Crippen molar-refractivity contribution in [1.82, 2.24) is 9.47 Å². The van der Waals surface area contributed by atoms with Gasteiger partial charge in [0.05, 0.1) is 34.2 Å². The number of nitrogens with one attached hydrogen (secondary N) is 2. The number of hydrogen-bond donors (Lipinski definition) is 2. The first-order valence-corrected chi connectivity index (χ1v) is 42.8. The fourth-order valence-electron chi connectivity index (χ4n) is 11.3. The Morgan fingerprint density at radius 2 is 1.40 bits per heavy atom. The van der Waals surface area contributed by atoms with Crippen molar-refractivity contribution in [3.8, 4) is 22.4 Å². The molecule has 0 bridgehead atoms. The third kappa shape index (κ3) is 18.1. The number of anilines is 4. The van der Waals surface area contributed by atoms with E-state index in [1.807, 2.05) is 119 Å². The summed E-state index contributed by atoms with van der Waals surface area (Å²) < 4.78 is 107. The molecular formula is C63H85ClFN6O9PS3Si2. The van der Waals surface area contributed by atoms with E-state index >= 15 is 4.39 Å². The number of halogens is 2. The van der Waals surface area contributed by atoms with Crippen LogP contribution >= 0.6 is 31.0 Å². The van der Waals surface area contributed by atoms with Crippen molar-refractivity contribution in [1.29, 1.82) is 0 Å². The van der Waals surface area contributed by atoms with Gasteiger partial charge in [0.2, 0.25) is 0 Å². The van der Waals surface area contributed by atoms with Gasteiger partial charge in [-0.25, -0.2) is 21.2 Å². The average molecular weight is 1310 g/mol. The van der Waals surface area contributed by atoms with Crippen LogP contribution < -0.4 is 19.8 Å². The van der Waals surface area contributed by atoms with Crippen molar-refractivity contribution in [3.05, 3.63) is 137 Å². The highest BCUT2D eigenvalue weighted by atomic mass is 35.5. The summed E-state index contributed by atoms with van der Waals surface area (Å²) in [5.41, 5.74) is 6.56. The monoisotopic (exact) mass is 1310 g/mol. The predicted octanol–water partition coefficient (Wildman–Crippen LogP) is 14.8. The largest absolute Gasteiger partial charge is 0.465 e. The third-order valence-corrected chi connectivity index (χ3v) is 26.6. The first-order valence-electron chi connectivity index (χ1n) is 29.5. The molecule has 0 radical (unpaired) electrons. The van der Waals surface area contributed by atoms with Gasteiger partial charge in [0.1, 0.15) is 5.82 Å². The van der Waals surface area contributed by atoms with Gasteiger partial charge in [-0.2, -0.15) is 0 Å². The molecule has 5 aromatic carbocycles. The van der Waals surface area contributed by atoms with E-state index in [9.17, 15) is 26.2 Å². The van der Waals surface area contributed by atoms with Crippen molar-refractivity contribution in [2.75, 3.05) is 90.4 Å². The second-order valence-corrected chi connectivity index (χ2v) is 41.6. The lowest BCUT2D eigenvalue weighted by molar-refractivity contribution is -0.150.